The lowest BCUT2D eigenvalue weighted by Gasteiger charge is -2.38. The van der Waals surface area contributed by atoms with E-state index in [1.165, 1.54) is 0 Å². The van der Waals surface area contributed by atoms with Gasteiger partial charge in [-0.05, 0) is 30.3 Å². The average molecular weight is 418 g/mol. The van der Waals surface area contributed by atoms with Crippen molar-refractivity contribution >= 4 is 11.6 Å². The molecule has 0 saturated carbocycles. The third-order valence-corrected chi connectivity index (χ3v) is 5.12. The van der Waals surface area contributed by atoms with Crippen molar-refractivity contribution in [3.8, 4) is 11.5 Å². The molecule has 6 heteroatoms. The van der Waals surface area contributed by atoms with E-state index >= 15 is 0 Å². The van der Waals surface area contributed by atoms with E-state index in [1.54, 1.807) is 12.0 Å². The van der Waals surface area contributed by atoms with Crippen molar-refractivity contribution in [1.29, 1.82) is 0 Å². The van der Waals surface area contributed by atoms with E-state index in [0.29, 0.717) is 37.7 Å². The number of amides is 1. The van der Waals surface area contributed by atoms with Gasteiger partial charge < -0.3 is 24.4 Å². The summed E-state index contributed by atoms with van der Waals surface area (Å²) in [5.41, 5.74) is 2.36. The van der Waals surface area contributed by atoms with Crippen molar-refractivity contribution in [2.75, 3.05) is 38.8 Å². The van der Waals surface area contributed by atoms with E-state index in [-0.39, 0.29) is 12.1 Å². The normalized spacial score (nSPS) is 15.2. The maximum atomic E-state index is 13.2. The van der Waals surface area contributed by atoms with Gasteiger partial charge in [-0.15, -0.1) is 0 Å². The van der Waals surface area contributed by atoms with Crippen molar-refractivity contribution in [2.24, 2.45) is 0 Å². The van der Waals surface area contributed by atoms with E-state index in [4.69, 9.17) is 14.2 Å². The summed E-state index contributed by atoms with van der Waals surface area (Å²) in [6.45, 7) is 1.72. The molecule has 160 valence electrons. The second-order valence-electron chi connectivity index (χ2n) is 7.13. The van der Waals surface area contributed by atoms with Crippen LogP contribution in [-0.2, 0) is 4.74 Å². The van der Waals surface area contributed by atoms with Gasteiger partial charge in [-0.3, -0.25) is 4.79 Å². The largest absolute Gasteiger partial charge is 0.490 e. The average Bonchev–Trinajstić information content (AvgIpc) is 2.82. The molecule has 1 heterocycles. The molecule has 0 saturated heterocycles. The minimum absolute atomic E-state index is 0.0291. The van der Waals surface area contributed by atoms with Gasteiger partial charge in [0.2, 0.25) is 0 Å². The van der Waals surface area contributed by atoms with Gasteiger partial charge in [0.1, 0.15) is 30.9 Å². The fourth-order valence-corrected chi connectivity index (χ4v) is 3.62. The number of ether oxygens (including phenoxy) is 3. The Bertz CT molecular complexity index is 1010. The Balaban J connectivity index is 1.52. The molecule has 1 aliphatic heterocycles. The Kier molecular flexibility index (Phi) is 6.69. The zero-order valence-corrected chi connectivity index (χ0v) is 17.5. The summed E-state index contributed by atoms with van der Waals surface area (Å²) in [7, 11) is 1.63. The maximum absolute atomic E-state index is 13.2. The number of anilines is 1. The summed E-state index contributed by atoms with van der Waals surface area (Å²) in [6.07, 6.45) is -0.358. The van der Waals surface area contributed by atoms with Gasteiger partial charge in [-0.2, -0.15) is 0 Å². The molecule has 31 heavy (non-hydrogen) atoms. The summed E-state index contributed by atoms with van der Waals surface area (Å²) in [6, 6.07) is 25.0. The molecule has 0 radical (unpaired) electrons. The van der Waals surface area contributed by atoms with Crippen LogP contribution in [0.15, 0.2) is 78.9 Å². The molecule has 0 aliphatic carbocycles. The lowest BCUT2D eigenvalue weighted by molar-refractivity contribution is 0.0606. The molecule has 0 aromatic heterocycles. The van der Waals surface area contributed by atoms with Crippen LogP contribution in [0.25, 0.3) is 0 Å². The third kappa shape index (κ3) is 4.81. The Morgan fingerprint density at radius 3 is 2.39 bits per heavy atom. The van der Waals surface area contributed by atoms with E-state index in [2.05, 4.69) is 5.32 Å². The second-order valence-corrected chi connectivity index (χ2v) is 7.13. The van der Waals surface area contributed by atoms with E-state index in [9.17, 15) is 4.79 Å². The van der Waals surface area contributed by atoms with Crippen LogP contribution in [0.1, 0.15) is 22.1 Å². The molecular formula is C25H26N2O4. The number of benzene rings is 3. The van der Waals surface area contributed by atoms with Crippen molar-refractivity contribution in [1.82, 2.24) is 4.90 Å². The predicted octanol–water partition coefficient (Wildman–Crippen LogP) is 4.36. The van der Waals surface area contributed by atoms with Crippen LogP contribution < -0.4 is 14.8 Å². The number of carbonyl (C=O) groups excluding carboxylic acids is 1. The van der Waals surface area contributed by atoms with E-state index in [1.807, 2.05) is 78.9 Å². The van der Waals surface area contributed by atoms with Crippen LogP contribution in [0.2, 0.25) is 0 Å². The van der Waals surface area contributed by atoms with Crippen molar-refractivity contribution < 1.29 is 19.0 Å². The fraction of sp³-hybridized carbons (Fsp3) is 0.240. The van der Waals surface area contributed by atoms with Gasteiger partial charge in [-0.25, -0.2) is 0 Å². The number of para-hydroxylation sites is 3. The van der Waals surface area contributed by atoms with E-state index < -0.39 is 0 Å². The zero-order chi connectivity index (χ0) is 21.5. The Labute approximate surface area is 182 Å². The molecule has 0 spiro atoms. The number of fused-ring (bicyclic) bond motifs is 1. The third-order valence-electron chi connectivity index (χ3n) is 5.12. The number of hydrogen-bond acceptors (Lipinski definition) is 5. The molecule has 1 N–H and O–H groups in total. The zero-order valence-electron chi connectivity index (χ0n) is 17.5. The summed E-state index contributed by atoms with van der Waals surface area (Å²) in [4.78, 5) is 15.0. The van der Waals surface area contributed by atoms with E-state index in [0.717, 1.165) is 17.0 Å². The minimum Gasteiger partial charge on any atom is -0.490 e. The monoisotopic (exact) mass is 418 g/mol. The number of nitrogens with zero attached hydrogens (tertiary/aromatic N) is 1. The van der Waals surface area contributed by atoms with Crippen molar-refractivity contribution in [3.63, 3.8) is 0 Å². The van der Waals surface area contributed by atoms with Crippen LogP contribution in [0.5, 0.6) is 11.5 Å². The van der Waals surface area contributed by atoms with Crippen molar-refractivity contribution in [3.05, 3.63) is 90.0 Å². The topological polar surface area (TPSA) is 60.0 Å². The quantitative estimate of drug-likeness (QED) is 0.524. The molecule has 0 bridgehead atoms. The standard InChI is InChI=1S/C25H26N2O4/c1-29-16-15-27-24(26-22-13-7-5-11-20(22)25(27)28)21-12-6-8-14-23(21)31-18-17-30-19-9-3-2-4-10-19/h2-14,24,26H,15-18H2,1H3. The number of nitrogens with one attached hydrogen (secondary N) is 1. The van der Waals surface area contributed by atoms with Crippen LogP contribution in [0.4, 0.5) is 5.69 Å². The lowest BCUT2D eigenvalue weighted by Crippen LogP contribution is -2.44. The van der Waals surface area contributed by atoms with Crippen LogP contribution >= 0.6 is 0 Å². The lowest BCUT2D eigenvalue weighted by atomic mass is 10.0. The summed E-state index contributed by atoms with van der Waals surface area (Å²) < 4.78 is 17.0. The number of methoxy groups -OCH3 is 1. The van der Waals surface area contributed by atoms with Crippen molar-refractivity contribution in [2.45, 2.75) is 6.17 Å². The number of hydrogen-bond donors (Lipinski definition) is 1. The second kappa shape index (κ2) is 10.00. The molecule has 3 aromatic carbocycles. The molecule has 1 atom stereocenters. The first kappa shape index (κ1) is 20.8. The Hall–Kier alpha value is -3.51. The van der Waals surface area contributed by atoms with Crippen LogP contribution in [-0.4, -0.2) is 44.3 Å². The summed E-state index contributed by atoms with van der Waals surface area (Å²) in [5, 5.41) is 3.50. The van der Waals surface area contributed by atoms with Gasteiger partial charge in [0, 0.05) is 24.9 Å². The number of carbonyl (C=O) groups is 1. The highest BCUT2D eigenvalue weighted by molar-refractivity contribution is 6.01. The minimum atomic E-state index is -0.358. The van der Waals surface area contributed by atoms with Gasteiger partial charge >= 0.3 is 0 Å². The molecule has 1 amide bonds. The highest BCUT2D eigenvalue weighted by Crippen LogP contribution is 2.36. The van der Waals surface area contributed by atoms with Gasteiger partial charge in [0.25, 0.3) is 5.91 Å². The molecule has 4 rings (SSSR count). The highest BCUT2D eigenvalue weighted by atomic mass is 16.5. The first-order chi connectivity index (χ1) is 15.3. The molecule has 6 nitrogen and oxygen atoms in total. The predicted molar refractivity (Wildman–Crippen MR) is 120 cm³/mol. The van der Waals surface area contributed by atoms with Crippen LogP contribution in [0.3, 0.4) is 0 Å². The molecule has 1 unspecified atom stereocenters. The molecule has 3 aromatic rings. The van der Waals surface area contributed by atoms with Gasteiger partial charge in [0.15, 0.2) is 0 Å². The summed E-state index contributed by atoms with van der Waals surface area (Å²) in [5.74, 6) is 1.49. The fourth-order valence-electron chi connectivity index (χ4n) is 3.62. The first-order valence-corrected chi connectivity index (χ1v) is 10.3. The smallest absolute Gasteiger partial charge is 0.257 e. The Morgan fingerprint density at radius 2 is 1.55 bits per heavy atom. The highest BCUT2D eigenvalue weighted by Gasteiger charge is 2.33. The van der Waals surface area contributed by atoms with Gasteiger partial charge in [0.05, 0.1) is 12.2 Å². The first-order valence-electron chi connectivity index (χ1n) is 10.3. The molecular weight excluding hydrogens is 392 g/mol. The number of rotatable bonds is 9. The Morgan fingerprint density at radius 1 is 0.839 bits per heavy atom. The summed E-state index contributed by atoms with van der Waals surface area (Å²) >= 11 is 0. The van der Waals surface area contributed by atoms with Gasteiger partial charge in [-0.1, -0.05) is 48.5 Å². The molecule has 0 fully saturated rings. The van der Waals surface area contributed by atoms with Crippen LogP contribution in [0, 0.1) is 0 Å². The SMILES string of the molecule is COCCN1C(=O)c2ccccc2NC1c1ccccc1OCCOc1ccccc1. The maximum Gasteiger partial charge on any atom is 0.257 e. The molecule has 1 aliphatic rings.